The first kappa shape index (κ1) is 17.0. The van der Waals surface area contributed by atoms with E-state index in [0.29, 0.717) is 5.69 Å². The maximum Gasteiger partial charge on any atom is 0.234 e. The molecule has 0 radical (unpaired) electrons. The van der Waals surface area contributed by atoms with Gasteiger partial charge in [-0.25, -0.2) is 9.37 Å². The van der Waals surface area contributed by atoms with Gasteiger partial charge in [0.1, 0.15) is 5.82 Å². The largest absolute Gasteiger partial charge is 0.325 e. The molecule has 1 heterocycles. The van der Waals surface area contributed by atoms with Crippen LogP contribution in [0.4, 0.5) is 10.1 Å². The summed E-state index contributed by atoms with van der Waals surface area (Å²) in [5.41, 5.74) is 2.41. The van der Waals surface area contributed by atoms with Gasteiger partial charge in [-0.1, -0.05) is 53.7 Å². The lowest BCUT2D eigenvalue weighted by atomic mass is 10.2. The van der Waals surface area contributed by atoms with Crippen LogP contribution in [-0.2, 0) is 4.79 Å². The third kappa shape index (κ3) is 4.35. The zero-order valence-electron chi connectivity index (χ0n) is 12.3. The van der Waals surface area contributed by atoms with Crippen LogP contribution in [0.15, 0.2) is 58.3 Å². The van der Waals surface area contributed by atoms with Crippen LogP contribution in [0.1, 0.15) is 0 Å². The first-order valence-electron chi connectivity index (χ1n) is 7.00. The zero-order chi connectivity index (χ0) is 16.9. The Morgan fingerprint density at radius 3 is 2.79 bits per heavy atom. The van der Waals surface area contributed by atoms with Gasteiger partial charge in [-0.05, 0) is 18.2 Å². The van der Waals surface area contributed by atoms with E-state index >= 15 is 0 Å². The Bertz CT molecular complexity index is 855. The van der Waals surface area contributed by atoms with Gasteiger partial charge in [-0.15, -0.1) is 11.3 Å². The molecule has 3 nitrogen and oxygen atoms in total. The summed E-state index contributed by atoms with van der Waals surface area (Å²) in [5, 5.41) is 4.63. The van der Waals surface area contributed by atoms with Gasteiger partial charge in [-0.2, -0.15) is 0 Å². The summed E-state index contributed by atoms with van der Waals surface area (Å²) in [5.74, 6) is -0.490. The smallest absolute Gasteiger partial charge is 0.234 e. The molecule has 1 aromatic heterocycles. The van der Waals surface area contributed by atoms with Crippen LogP contribution in [-0.4, -0.2) is 16.6 Å². The first-order chi connectivity index (χ1) is 11.6. The van der Waals surface area contributed by atoms with Crippen molar-refractivity contribution in [3.63, 3.8) is 0 Å². The van der Waals surface area contributed by atoms with Crippen LogP contribution in [0, 0.1) is 5.82 Å². The Balaban J connectivity index is 1.56. The summed E-state index contributed by atoms with van der Waals surface area (Å²) < 4.78 is 13.9. The fraction of sp³-hybridized carbons (Fsp3) is 0.0588. The number of benzene rings is 2. The van der Waals surface area contributed by atoms with Gasteiger partial charge in [0, 0.05) is 16.6 Å². The molecule has 0 saturated heterocycles. The number of thioether (sulfide) groups is 1. The molecule has 3 aromatic rings. The van der Waals surface area contributed by atoms with Crippen molar-refractivity contribution in [2.24, 2.45) is 0 Å². The normalized spacial score (nSPS) is 10.6. The summed E-state index contributed by atoms with van der Waals surface area (Å²) in [6.07, 6.45) is 0. The number of anilines is 1. The van der Waals surface area contributed by atoms with Gasteiger partial charge in [0.15, 0.2) is 4.34 Å². The van der Waals surface area contributed by atoms with Crippen molar-refractivity contribution in [1.29, 1.82) is 0 Å². The fourth-order valence-corrected chi connectivity index (χ4v) is 3.78. The molecule has 0 spiro atoms. The number of nitrogens with zero attached hydrogens (tertiary/aromatic N) is 1. The van der Waals surface area contributed by atoms with E-state index < -0.39 is 5.82 Å². The molecule has 3 rings (SSSR count). The quantitative estimate of drug-likeness (QED) is 0.610. The molecule has 1 amide bonds. The lowest BCUT2D eigenvalue weighted by Gasteiger charge is -2.05. The molecule has 122 valence electrons. The SMILES string of the molecule is O=C(CSc1nc(-c2ccccc2)cs1)Nc1ccc(F)c(Cl)c1. The molecule has 2 aromatic carbocycles. The number of aromatic nitrogens is 1. The third-order valence-electron chi connectivity index (χ3n) is 3.08. The Morgan fingerprint density at radius 1 is 1.25 bits per heavy atom. The standard InChI is InChI=1S/C17H12ClFN2OS2/c18-13-8-12(6-7-14(13)19)20-16(22)10-24-17-21-15(9-23-17)11-4-2-1-3-5-11/h1-9H,10H2,(H,20,22). The van der Waals surface area contributed by atoms with E-state index in [1.807, 2.05) is 35.7 Å². The number of hydrogen-bond acceptors (Lipinski definition) is 4. The number of rotatable bonds is 5. The van der Waals surface area contributed by atoms with Crippen molar-refractivity contribution in [2.75, 3.05) is 11.1 Å². The molecule has 0 aliphatic carbocycles. The van der Waals surface area contributed by atoms with E-state index in [4.69, 9.17) is 11.6 Å². The number of carbonyl (C=O) groups excluding carboxylic acids is 1. The number of amides is 1. The summed E-state index contributed by atoms with van der Waals surface area (Å²) >= 11 is 8.55. The highest BCUT2D eigenvalue weighted by molar-refractivity contribution is 8.01. The molecule has 1 N–H and O–H groups in total. The maximum absolute atomic E-state index is 13.1. The molecule has 0 aliphatic rings. The predicted molar refractivity (Wildman–Crippen MR) is 98.3 cm³/mol. The molecule has 0 fully saturated rings. The van der Waals surface area contributed by atoms with E-state index in [9.17, 15) is 9.18 Å². The number of nitrogens with one attached hydrogen (secondary N) is 1. The summed E-state index contributed by atoms with van der Waals surface area (Å²) in [6, 6.07) is 13.9. The highest BCUT2D eigenvalue weighted by atomic mass is 35.5. The summed E-state index contributed by atoms with van der Waals surface area (Å²) in [7, 11) is 0. The molecular formula is C17H12ClFN2OS2. The molecule has 0 bridgehead atoms. The lowest BCUT2D eigenvalue weighted by Crippen LogP contribution is -2.13. The second kappa shape index (κ2) is 7.79. The third-order valence-corrected chi connectivity index (χ3v) is 5.39. The predicted octanol–water partition coefficient (Wildman–Crippen LogP) is 5.33. The Kier molecular flexibility index (Phi) is 5.50. The topological polar surface area (TPSA) is 42.0 Å². The van der Waals surface area contributed by atoms with Crippen molar-refractivity contribution in [3.8, 4) is 11.3 Å². The van der Waals surface area contributed by atoms with E-state index in [1.165, 1.54) is 41.3 Å². The van der Waals surface area contributed by atoms with E-state index in [-0.39, 0.29) is 16.7 Å². The first-order valence-corrected chi connectivity index (χ1v) is 9.25. The maximum atomic E-state index is 13.1. The second-order valence-electron chi connectivity index (χ2n) is 4.83. The van der Waals surface area contributed by atoms with Crippen molar-refractivity contribution in [3.05, 3.63) is 64.8 Å². The van der Waals surface area contributed by atoms with E-state index in [1.54, 1.807) is 0 Å². The average Bonchev–Trinajstić information content (AvgIpc) is 3.06. The minimum atomic E-state index is -0.514. The Labute approximate surface area is 151 Å². The van der Waals surface area contributed by atoms with Gasteiger partial charge >= 0.3 is 0 Å². The second-order valence-corrected chi connectivity index (χ2v) is 7.32. The fourth-order valence-electron chi connectivity index (χ4n) is 1.96. The molecule has 24 heavy (non-hydrogen) atoms. The lowest BCUT2D eigenvalue weighted by molar-refractivity contribution is -0.113. The van der Waals surface area contributed by atoms with E-state index in [2.05, 4.69) is 10.3 Å². The monoisotopic (exact) mass is 378 g/mol. The van der Waals surface area contributed by atoms with Gasteiger partial charge in [0.2, 0.25) is 5.91 Å². The number of halogens is 2. The summed E-state index contributed by atoms with van der Waals surface area (Å²) in [4.78, 5) is 16.5. The minimum Gasteiger partial charge on any atom is -0.325 e. The van der Waals surface area contributed by atoms with Crippen LogP contribution in [0.5, 0.6) is 0 Å². The Morgan fingerprint density at radius 2 is 2.04 bits per heavy atom. The van der Waals surface area contributed by atoms with Crippen molar-refractivity contribution >= 4 is 46.3 Å². The van der Waals surface area contributed by atoms with Gasteiger partial charge in [0.05, 0.1) is 16.5 Å². The highest BCUT2D eigenvalue weighted by Gasteiger charge is 2.09. The van der Waals surface area contributed by atoms with Gasteiger partial charge in [-0.3, -0.25) is 4.79 Å². The van der Waals surface area contributed by atoms with Crippen LogP contribution in [0.3, 0.4) is 0 Å². The van der Waals surface area contributed by atoms with Crippen molar-refractivity contribution in [1.82, 2.24) is 4.98 Å². The average molecular weight is 379 g/mol. The van der Waals surface area contributed by atoms with Crippen LogP contribution >= 0.6 is 34.7 Å². The zero-order valence-corrected chi connectivity index (χ0v) is 14.7. The van der Waals surface area contributed by atoms with Gasteiger partial charge in [0.25, 0.3) is 0 Å². The molecule has 0 saturated carbocycles. The summed E-state index contributed by atoms with van der Waals surface area (Å²) in [6.45, 7) is 0. The minimum absolute atomic E-state index is 0.0205. The van der Waals surface area contributed by atoms with Crippen LogP contribution in [0.25, 0.3) is 11.3 Å². The van der Waals surface area contributed by atoms with Gasteiger partial charge < -0.3 is 5.32 Å². The highest BCUT2D eigenvalue weighted by Crippen LogP contribution is 2.28. The van der Waals surface area contributed by atoms with Crippen molar-refractivity contribution < 1.29 is 9.18 Å². The van der Waals surface area contributed by atoms with Crippen LogP contribution in [0.2, 0.25) is 5.02 Å². The van der Waals surface area contributed by atoms with Crippen molar-refractivity contribution in [2.45, 2.75) is 4.34 Å². The van der Waals surface area contributed by atoms with Crippen LogP contribution < -0.4 is 5.32 Å². The molecule has 0 aliphatic heterocycles. The van der Waals surface area contributed by atoms with E-state index in [0.717, 1.165) is 15.6 Å². The number of thiazole rings is 1. The molecule has 0 atom stereocenters. The number of carbonyl (C=O) groups is 1. The Hall–Kier alpha value is -1.89. The molecule has 7 heteroatoms. The molecular weight excluding hydrogens is 367 g/mol. The molecule has 0 unspecified atom stereocenters. The number of hydrogen-bond donors (Lipinski definition) is 1.